The highest BCUT2D eigenvalue weighted by atomic mass is 35.5. The molecule has 3 aromatic rings. The number of nitrogens with zero attached hydrogens (tertiary/aromatic N) is 2. The number of hydrogen-bond acceptors (Lipinski definition) is 5. The average molecular weight is 428 g/mol. The SMILES string of the molecule is COc1cc(Cl)c(C)cc1NC(=O)COc1ccc(=O)n(-c2ccc(C)c(C)c2)n1. The first-order valence-corrected chi connectivity index (χ1v) is 9.61. The van der Waals surface area contributed by atoms with E-state index in [1.54, 1.807) is 12.1 Å². The highest BCUT2D eigenvalue weighted by molar-refractivity contribution is 6.31. The van der Waals surface area contributed by atoms with Gasteiger partial charge in [0.1, 0.15) is 5.75 Å². The third-order valence-corrected chi connectivity index (χ3v) is 5.02. The van der Waals surface area contributed by atoms with E-state index in [1.165, 1.54) is 23.9 Å². The topological polar surface area (TPSA) is 82.5 Å². The summed E-state index contributed by atoms with van der Waals surface area (Å²) in [6, 6.07) is 11.7. The summed E-state index contributed by atoms with van der Waals surface area (Å²) in [4.78, 5) is 24.6. The van der Waals surface area contributed by atoms with Crippen molar-refractivity contribution in [2.45, 2.75) is 20.8 Å². The highest BCUT2D eigenvalue weighted by Crippen LogP contribution is 2.30. The van der Waals surface area contributed by atoms with E-state index < -0.39 is 5.91 Å². The van der Waals surface area contributed by atoms with Gasteiger partial charge in [-0.2, -0.15) is 4.68 Å². The largest absolute Gasteiger partial charge is 0.495 e. The molecule has 0 bridgehead atoms. The molecule has 8 heteroatoms. The number of carbonyl (C=O) groups excluding carboxylic acids is 1. The van der Waals surface area contributed by atoms with Crippen molar-refractivity contribution >= 4 is 23.2 Å². The second kappa shape index (κ2) is 9.00. The van der Waals surface area contributed by atoms with E-state index in [2.05, 4.69) is 10.4 Å². The quantitative estimate of drug-likeness (QED) is 0.646. The van der Waals surface area contributed by atoms with Crippen LogP contribution in [0.5, 0.6) is 11.6 Å². The summed E-state index contributed by atoms with van der Waals surface area (Å²) in [5, 5.41) is 7.48. The van der Waals surface area contributed by atoms with Crippen LogP contribution in [0.3, 0.4) is 0 Å². The van der Waals surface area contributed by atoms with E-state index in [-0.39, 0.29) is 18.0 Å². The molecule has 2 aromatic carbocycles. The van der Waals surface area contributed by atoms with Crippen molar-refractivity contribution in [1.29, 1.82) is 0 Å². The summed E-state index contributed by atoms with van der Waals surface area (Å²) < 4.78 is 12.0. The summed E-state index contributed by atoms with van der Waals surface area (Å²) in [5.74, 6) is 0.198. The molecule has 30 heavy (non-hydrogen) atoms. The number of hydrogen-bond donors (Lipinski definition) is 1. The number of aromatic nitrogens is 2. The molecule has 0 unspecified atom stereocenters. The van der Waals surface area contributed by atoms with Crippen LogP contribution < -0.4 is 20.3 Å². The fourth-order valence-electron chi connectivity index (χ4n) is 2.77. The van der Waals surface area contributed by atoms with Crippen molar-refractivity contribution < 1.29 is 14.3 Å². The van der Waals surface area contributed by atoms with Crippen molar-refractivity contribution in [3.8, 4) is 17.3 Å². The van der Waals surface area contributed by atoms with Crippen molar-refractivity contribution in [2.75, 3.05) is 19.0 Å². The zero-order valence-corrected chi connectivity index (χ0v) is 17.9. The van der Waals surface area contributed by atoms with Gasteiger partial charge in [-0.25, -0.2) is 0 Å². The molecule has 156 valence electrons. The Kier molecular flexibility index (Phi) is 6.42. The summed E-state index contributed by atoms with van der Waals surface area (Å²) in [7, 11) is 1.49. The molecule has 0 saturated carbocycles. The third-order valence-electron chi connectivity index (χ3n) is 4.62. The van der Waals surface area contributed by atoms with Crippen molar-refractivity contribution in [2.24, 2.45) is 0 Å². The minimum Gasteiger partial charge on any atom is -0.495 e. The zero-order valence-electron chi connectivity index (χ0n) is 17.2. The number of carbonyl (C=O) groups is 1. The molecule has 0 spiro atoms. The Labute approximate surface area is 179 Å². The number of benzene rings is 2. The molecule has 7 nitrogen and oxygen atoms in total. The summed E-state index contributed by atoms with van der Waals surface area (Å²) in [6.45, 7) is 5.49. The van der Waals surface area contributed by atoms with Gasteiger partial charge in [0.2, 0.25) is 5.88 Å². The van der Waals surface area contributed by atoms with E-state index in [9.17, 15) is 9.59 Å². The molecule has 1 heterocycles. The molecule has 0 aliphatic carbocycles. The minimum absolute atomic E-state index is 0.155. The lowest BCUT2D eigenvalue weighted by Crippen LogP contribution is -2.24. The van der Waals surface area contributed by atoms with E-state index in [1.807, 2.05) is 39.0 Å². The maximum atomic E-state index is 12.3. The van der Waals surface area contributed by atoms with Crippen LogP contribution in [0.25, 0.3) is 5.69 Å². The Balaban J connectivity index is 1.73. The number of anilines is 1. The third kappa shape index (κ3) is 4.80. The molecule has 0 aliphatic rings. The molecule has 1 N–H and O–H groups in total. The van der Waals surface area contributed by atoms with E-state index in [0.717, 1.165) is 16.7 Å². The zero-order chi connectivity index (χ0) is 21.8. The summed E-state index contributed by atoms with van der Waals surface area (Å²) in [5.41, 5.74) is 3.77. The van der Waals surface area contributed by atoms with Gasteiger partial charge in [-0.3, -0.25) is 9.59 Å². The van der Waals surface area contributed by atoms with Gasteiger partial charge in [-0.15, -0.1) is 5.10 Å². The highest BCUT2D eigenvalue weighted by Gasteiger charge is 2.12. The molecule has 0 aliphatic heterocycles. The molecule has 0 atom stereocenters. The first-order valence-electron chi connectivity index (χ1n) is 9.23. The Morgan fingerprint density at radius 2 is 1.83 bits per heavy atom. The van der Waals surface area contributed by atoms with Crippen LogP contribution in [0, 0.1) is 20.8 Å². The van der Waals surface area contributed by atoms with Gasteiger partial charge in [-0.1, -0.05) is 17.7 Å². The first kappa shape index (κ1) is 21.4. The van der Waals surface area contributed by atoms with Crippen molar-refractivity contribution in [3.05, 3.63) is 74.5 Å². The summed E-state index contributed by atoms with van der Waals surface area (Å²) >= 11 is 6.09. The second-order valence-corrected chi connectivity index (χ2v) is 7.24. The van der Waals surface area contributed by atoms with Crippen molar-refractivity contribution in [1.82, 2.24) is 9.78 Å². The Morgan fingerprint density at radius 1 is 1.07 bits per heavy atom. The van der Waals surface area contributed by atoms with Crippen molar-refractivity contribution in [3.63, 3.8) is 0 Å². The van der Waals surface area contributed by atoms with Crippen LogP contribution in [0.4, 0.5) is 5.69 Å². The fraction of sp³-hybridized carbons (Fsp3) is 0.227. The lowest BCUT2D eigenvalue weighted by Gasteiger charge is -2.13. The molecular formula is C22H22ClN3O4. The maximum absolute atomic E-state index is 12.3. The monoisotopic (exact) mass is 427 g/mol. The van der Waals surface area contributed by atoms with E-state index in [0.29, 0.717) is 22.1 Å². The molecule has 0 radical (unpaired) electrons. The maximum Gasteiger partial charge on any atom is 0.271 e. The molecule has 1 aromatic heterocycles. The molecule has 1 amide bonds. The van der Waals surface area contributed by atoms with Gasteiger partial charge in [0.05, 0.1) is 18.5 Å². The van der Waals surface area contributed by atoms with Crippen LogP contribution >= 0.6 is 11.6 Å². The molecule has 0 fully saturated rings. The number of rotatable bonds is 6. The first-order chi connectivity index (χ1) is 14.3. The van der Waals surface area contributed by atoms with Crippen LogP contribution in [0.2, 0.25) is 5.02 Å². The number of methoxy groups -OCH3 is 1. The molecule has 3 rings (SSSR count). The molecular weight excluding hydrogens is 406 g/mol. The van der Waals surface area contributed by atoms with Crippen LogP contribution in [0.1, 0.15) is 16.7 Å². The molecule has 0 saturated heterocycles. The van der Waals surface area contributed by atoms with Gasteiger partial charge in [0.25, 0.3) is 11.5 Å². The number of ether oxygens (including phenoxy) is 2. The smallest absolute Gasteiger partial charge is 0.271 e. The minimum atomic E-state index is -0.402. The lowest BCUT2D eigenvalue weighted by atomic mass is 10.1. The Morgan fingerprint density at radius 3 is 2.53 bits per heavy atom. The van der Waals surface area contributed by atoms with Crippen LogP contribution in [0.15, 0.2) is 47.3 Å². The van der Waals surface area contributed by atoms with E-state index >= 15 is 0 Å². The van der Waals surface area contributed by atoms with Gasteiger partial charge >= 0.3 is 0 Å². The Bertz CT molecular complexity index is 1160. The normalized spacial score (nSPS) is 10.6. The van der Waals surface area contributed by atoms with Crippen LogP contribution in [-0.4, -0.2) is 29.4 Å². The van der Waals surface area contributed by atoms with Crippen LogP contribution in [-0.2, 0) is 4.79 Å². The number of aryl methyl sites for hydroxylation is 3. The summed E-state index contributed by atoms with van der Waals surface area (Å²) in [6.07, 6.45) is 0. The fourth-order valence-corrected chi connectivity index (χ4v) is 2.92. The predicted molar refractivity (Wildman–Crippen MR) is 116 cm³/mol. The van der Waals surface area contributed by atoms with Gasteiger partial charge in [0.15, 0.2) is 6.61 Å². The average Bonchev–Trinajstić information content (AvgIpc) is 2.72. The Hall–Kier alpha value is -3.32. The van der Waals surface area contributed by atoms with Gasteiger partial charge in [0, 0.05) is 23.2 Å². The lowest BCUT2D eigenvalue weighted by molar-refractivity contribution is -0.118. The van der Waals surface area contributed by atoms with E-state index in [4.69, 9.17) is 21.1 Å². The number of amides is 1. The standard InChI is InChI=1S/C22H22ClN3O4/c1-13-5-6-16(9-14(13)2)26-22(28)8-7-21(25-26)30-12-20(27)24-18-10-15(3)17(23)11-19(18)29-4/h5-11H,12H2,1-4H3,(H,24,27). The van der Waals surface area contributed by atoms with Gasteiger partial charge in [-0.05, 0) is 55.7 Å². The predicted octanol–water partition coefficient (Wildman–Crippen LogP) is 3.84. The van der Waals surface area contributed by atoms with Gasteiger partial charge < -0.3 is 14.8 Å². The second-order valence-electron chi connectivity index (χ2n) is 6.83. The number of halogens is 1. The number of nitrogens with one attached hydrogen (secondary N) is 1.